The van der Waals surface area contributed by atoms with Gasteiger partial charge in [0.25, 0.3) is 0 Å². The van der Waals surface area contributed by atoms with E-state index >= 15 is 0 Å². The van der Waals surface area contributed by atoms with Crippen LogP contribution in [0.5, 0.6) is 34.5 Å². The highest BCUT2D eigenvalue weighted by Crippen LogP contribution is 2.56. The summed E-state index contributed by atoms with van der Waals surface area (Å²) in [6, 6.07) is 178. The van der Waals surface area contributed by atoms with E-state index in [0.29, 0.717) is 5.56 Å². The van der Waals surface area contributed by atoms with Crippen LogP contribution in [0.25, 0.3) is 170 Å². The van der Waals surface area contributed by atoms with Crippen LogP contribution in [-0.2, 0) is 0 Å². The highest BCUT2D eigenvalue weighted by Gasteiger charge is 2.30. The molecule has 0 spiro atoms. The summed E-state index contributed by atoms with van der Waals surface area (Å²) in [4.78, 5) is 6.80. The van der Waals surface area contributed by atoms with Crippen molar-refractivity contribution in [3.8, 4) is 113 Å². The molecule has 0 saturated heterocycles. The molecule has 0 amide bonds. The van der Waals surface area contributed by atoms with Gasteiger partial charge in [0.1, 0.15) is 40.3 Å². The lowest BCUT2D eigenvalue weighted by Gasteiger charge is -2.29. The van der Waals surface area contributed by atoms with E-state index in [9.17, 15) is 9.65 Å². The van der Waals surface area contributed by atoms with Crippen molar-refractivity contribution in [2.24, 2.45) is 0 Å². The van der Waals surface area contributed by atoms with Crippen molar-refractivity contribution in [2.45, 2.75) is 6.92 Å². The number of hydrogen-bond donors (Lipinski definition) is 0. The maximum absolute atomic E-state index is 14.3. The zero-order chi connectivity index (χ0) is 96.3. The lowest BCUT2D eigenvalue weighted by atomic mass is 9.93. The first-order valence-corrected chi connectivity index (χ1v) is 48.9. The Hall–Kier alpha value is -19.5. The van der Waals surface area contributed by atoms with E-state index in [0.717, 1.165) is 185 Å². The number of fused-ring (bicyclic) bond motifs is 15. The fourth-order valence-corrected chi connectivity index (χ4v) is 22.0. The van der Waals surface area contributed by atoms with E-state index in [1.54, 1.807) is 0 Å². The van der Waals surface area contributed by atoms with Crippen molar-refractivity contribution >= 4 is 149 Å². The average Bonchev–Trinajstić information content (AvgIpc) is 1.57. The molecule has 6 heterocycles. The summed E-state index contributed by atoms with van der Waals surface area (Å²) in [5, 5.41) is 23.7. The molecule has 3 aliphatic rings. The Morgan fingerprint density at radius 1 is 0.221 bits per heavy atom. The van der Waals surface area contributed by atoms with Gasteiger partial charge in [-0.05, 0) is 263 Å². The number of para-hydroxylation sites is 5. The minimum absolute atomic E-state index is 0.276. The number of hydrogen-bond acceptors (Lipinski definition) is 7. The number of anilines is 9. The number of nitriles is 1. The highest BCUT2D eigenvalue weighted by molar-refractivity contribution is 6.16. The van der Waals surface area contributed by atoms with Crippen LogP contribution in [0.1, 0.15) is 11.1 Å². The van der Waals surface area contributed by atoms with Gasteiger partial charge in [-0.25, -0.2) is 4.39 Å². The molecule has 3 aliphatic heterocycles. The molecule has 0 radical (unpaired) electrons. The second-order valence-corrected chi connectivity index (χ2v) is 37.1. The van der Waals surface area contributed by atoms with E-state index in [1.165, 1.54) is 89.0 Å². The molecule has 0 aliphatic carbocycles. The second-order valence-electron chi connectivity index (χ2n) is 37.1. The van der Waals surface area contributed by atoms with E-state index in [4.69, 9.17) is 14.2 Å². The quantitative estimate of drug-likeness (QED) is 0.107. The molecule has 23 aromatic carbocycles. The average molecular weight is 1860 g/mol. The van der Waals surface area contributed by atoms with Crippen LogP contribution in [-0.4, -0.2) is 13.7 Å². The minimum Gasteiger partial charge on any atom is -0.456 e. The Morgan fingerprint density at radius 3 is 1.02 bits per heavy atom. The first kappa shape index (κ1) is 84.7. The predicted octanol–water partition coefficient (Wildman–Crippen LogP) is 37.2. The third-order valence-electron chi connectivity index (χ3n) is 28.7. The zero-order valence-corrected chi connectivity index (χ0v) is 78.7. The summed E-state index contributed by atoms with van der Waals surface area (Å²) in [5.41, 5.74) is 32.4. The van der Waals surface area contributed by atoms with Gasteiger partial charge in [0.15, 0.2) is 0 Å². The van der Waals surface area contributed by atoms with Gasteiger partial charge in [0.2, 0.25) is 0 Å². The third-order valence-corrected chi connectivity index (χ3v) is 28.7. The summed E-state index contributed by atoms with van der Waals surface area (Å²) in [7, 11) is 0. The van der Waals surface area contributed by atoms with Crippen LogP contribution in [0.3, 0.4) is 0 Å². The smallest absolute Gasteiger partial charge is 0.137 e. The molecule has 0 saturated carbocycles. The largest absolute Gasteiger partial charge is 0.456 e. The topological polar surface area (TPSA) is 76.0 Å². The number of aromatic nitrogens is 3. The molecule has 26 aromatic rings. The fourth-order valence-electron chi connectivity index (χ4n) is 22.0. The molecule has 0 unspecified atom stereocenters. The van der Waals surface area contributed by atoms with Crippen LogP contribution >= 0.6 is 0 Å². The minimum atomic E-state index is -0.276. The molecule has 0 fully saturated rings. The second kappa shape index (κ2) is 35.1. The molecule has 145 heavy (non-hydrogen) atoms. The molecular weight excluding hydrogens is 1770 g/mol. The summed E-state index contributed by atoms with van der Waals surface area (Å²) >= 11 is 0. The first-order chi connectivity index (χ1) is 71.7. The van der Waals surface area contributed by atoms with Crippen LogP contribution in [0.4, 0.5) is 55.6 Å². The standard InChI is InChI=1S/C47H29N3O.C46H29FN2O.C41H28N2O/c48-30-31-16-20-35(21-17-31)49(38-25-27-41-42-13-6-10-34-11-7-15-45(47(34)42)51-46(41)29-38)37-24-26-40-39-12-4-5-14-43(39)50(44(40)28-37)36-22-18-33(19-23-36)32-8-2-1-3-9-32;47-33-18-22-34(23-19-33)48(37-25-27-40-41-13-6-10-32-11-7-15-44(46(32)41)50-45(40)29-37)36-24-26-39-38-12-4-5-14-42(38)49(43(39)28-36)35-20-16-31(17-21-35)30-8-2-1-3-9-30;1-27-18-20-29(21-19-27)42(37-25-24-34-33-13-6-8-16-39(33)44-40-17-9-14-35(37)41(34)40)30-22-23-32-31-12-5-7-15-36(31)43(38(32)26-30)28-10-3-2-4-11-28/h1-29H;1-29H;2-26H,1H3. The van der Waals surface area contributed by atoms with E-state index < -0.39 is 0 Å². The molecule has 0 N–H and O–H groups in total. The number of ether oxygens (including phenoxy) is 3. The van der Waals surface area contributed by atoms with Gasteiger partial charge in [-0.3, -0.25) is 0 Å². The highest BCUT2D eigenvalue weighted by atomic mass is 19.1. The van der Waals surface area contributed by atoms with Crippen molar-refractivity contribution in [3.63, 3.8) is 0 Å². The molecular formula is C134H86FN7O3. The zero-order valence-electron chi connectivity index (χ0n) is 78.7. The number of halogens is 1. The van der Waals surface area contributed by atoms with Gasteiger partial charge >= 0.3 is 0 Å². The lowest BCUT2D eigenvalue weighted by Crippen LogP contribution is -2.11. The van der Waals surface area contributed by atoms with Crippen molar-refractivity contribution in [3.05, 3.63) is 520 Å². The van der Waals surface area contributed by atoms with Crippen LogP contribution in [0.2, 0.25) is 0 Å². The number of rotatable bonds is 14. The van der Waals surface area contributed by atoms with Crippen LogP contribution < -0.4 is 28.9 Å². The van der Waals surface area contributed by atoms with Crippen molar-refractivity contribution in [1.29, 1.82) is 5.26 Å². The maximum atomic E-state index is 14.3. The van der Waals surface area contributed by atoms with Crippen LogP contribution in [0, 0.1) is 24.1 Å². The number of benzene rings is 23. The molecule has 0 atom stereocenters. The molecule has 682 valence electrons. The molecule has 10 nitrogen and oxygen atoms in total. The molecule has 3 aromatic heterocycles. The first-order valence-electron chi connectivity index (χ1n) is 48.9. The Balaban J connectivity index is 0.000000108. The van der Waals surface area contributed by atoms with Crippen molar-refractivity contribution in [1.82, 2.24) is 13.7 Å². The van der Waals surface area contributed by atoms with Gasteiger partial charge in [-0.15, -0.1) is 0 Å². The maximum Gasteiger partial charge on any atom is 0.137 e. The number of nitrogens with zero attached hydrogens (tertiary/aromatic N) is 7. The van der Waals surface area contributed by atoms with Crippen LogP contribution in [0.15, 0.2) is 504 Å². The summed E-state index contributed by atoms with van der Waals surface area (Å²) in [6.07, 6.45) is 0. The SMILES string of the molecule is Cc1ccc(N(c2ccc3c4ccccc4n(-c4ccccc4)c3c2)c2ccc3c4c(cccc24)Oc2ccccc2-3)cc1.Fc1ccc(N(c2ccc3c(c2)Oc2cccc4cccc-3c24)c2ccc3c4ccccc4n(-c4ccc(-c5ccccc5)cc4)c3c2)cc1.N#Cc1ccc(N(c2ccc3c(c2)Oc2cccc4cccc-3c24)c2ccc3c4ccccc4n(-c4ccc(-c5ccccc5)cc4)c3c2)cc1. The summed E-state index contributed by atoms with van der Waals surface area (Å²) in [5.74, 6) is 4.82. The number of aryl methyl sites for hydroxylation is 1. The third kappa shape index (κ3) is 14.7. The van der Waals surface area contributed by atoms with Gasteiger partial charge < -0.3 is 42.6 Å². The monoisotopic (exact) mass is 1860 g/mol. The normalized spacial score (nSPS) is 11.8. The van der Waals surface area contributed by atoms with Crippen molar-refractivity contribution < 1.29 is 18.6 Å². The Bertz CT molecular complexity index is 9690. The van der Waals surface area contributed by atoms with E-state index in [-0.39, 0.29) is 5.82 Å². The predicted molar refractivity (Wildman–Crippen MR) is 596 cm³/mol. The Labute approximate surface area is 836 Å². The van der Waals surface area contributed by atoms with Crippen molar-refractivity contribution in [2.75, 3.05) is 14.7 Å². The Kier molecular flexibility index (Phi) is 20.5. The fraction of sp³-hybridized carbons (Fsp3) is 0.00746. The Morgan fingerprint density at radius 2 is 0.538 bits per heavy atom. The molecule has 29 rings (SSSR count). The van der Waals surface area contributed by atoms with E-state index in [2.05, 4.69) is 448 Å². The van der Waals surface area contributed by atoms with Gasteiger partial charge in [-0.2, -0.15) is 5.26 Å². The molecule has 0 bridgehead atoms. The van der Waals surface area contributed by atoms with Gasteiger partial charge in [-0.1, -0.05) is 291 Å². The molecule has 11 heteroatoms. The lowest BCUT2D eigenvalue weighted by molar-refractivity contribution is 0.487. The summed E-state index contributed by atoms with van der Waals surface area (Å²) < 4.78 is 41.0. The van der Waals surface area contributed by atoms with E-state index in [1.807, 2.05) is 84.9 Å². The summed E-state index contributed by atoms with van der Waals surface area (Å²) in [6.45, 7) is 2.13. The van der Waals surface area contributed by atoms with Gasteiger partial charge in [0.05, 0.1) is 50.4 Å². The van der Waals surface area contributed by atoms with Gasteiger partial charge in [0, 0.05) is 145 Å².